The summed E-state index contributed by atoms with van der Waals surface area (Å²) in [5, 5.41) is 7.71. The minimum absolute atomic E-state index is 0.369. The van der Waals surface area contributed by atoms with Crippen molar-refractivity contribution in [2.75, 3.05) is 0 Å². The zero-order valence-corrected chi connectivity index (χ0v) is 8.72. The predicted octanol–water partition coefficient (Wildman–Crippen LogP) is 1.78. The fraction of sp³-hybridized carbons (Fsp3) is 0.182. The van der Waals surface area contributed by atoms with Gasteiger partial charge in [0.15, 0.2) is 6.29 Å². The van der Waals surface area contributed by atoms with E-state index in [0.29, 0.717) is 29.8 Å². The number of aryl methyl sites for hydroxylation is 1. The van der Waals surface area contributed by atoms with E-state index in [9.17, 15) is 9.18 Å². The maximum Gasteiger partial charge on any atom is 0.170 e. The number of hydrogen-bond donors (Lipinski definition) is 0. The molecule has 0 bridgehead atoms. The summed E-state index contributed by atoms with van der Waals surface area (Å²) in [4.78, 5) is 10.9. The molecule has 1 aromatic carbocycles. The lowest BCUT2D eigenvalue weighted by molar-refractivity contribution is 0.111. The van der Waals surface area contributed by atoms with E-state index in [1.165, 1.54) is 16.8 Å². The molecular weight excluding hydrogens is 209 g/mol. The van der Waals surface area contributed by atoms with Crippen LogP contribution in [0.4, 0.5) is 4.39 Å². The average Bonchev–Trinajstić information content (AvgIpc) is 2.71. The van der Waals surface area contributed by atoms with Crippen LogP contribution in [0.1, 0.15) is 23.1 Å². The number of carbonyl (C=O) groups is 1. The molecule has 4 nitrogen and oxygen atoms in total. The van der Waals surface area contributed by atoms with E-state index in [1.54, 1.807) is 12.1 Å². The molecule has 0 atom stereocenters. The highest BCUT2D eigenvalue weighted by Crippen LogP contribution is 2.12. The van der Waals surface area contributed by atoms with Gasteiger partial charge in [-0.1, -0.05) is 18.2 Å². The van der Waals surface area contributed by atoms with Crippen LogP contribution < -0.4 is 0 Å². The first-order valence-corrected chi connectivity index (χ1v) is 4.92. The Morgan fingerprint density at radius 2 is 2.31 bits per heavy atom. The quantitative estimate of drug-likeness (QED) is 0.739. The predicted molar refractivity (Wildman–Crippen MR) is 56.1 cm³/mol. The minimum atomic E-state index is -0.372. The Morgan fingerprint density at radius 1 is 1.50 bits per heavy atom. The third kappa shape index (κ3) is 1.71. The summed E-state index contributed by atoms with van der Waals surface area (Å²) >= 11 is 0. The van der Waals surface area contributed by atoms with E-state index < -0.39 is 0 Å². The monoisotopic (exact) mass is 219 g/mol. The highest BCUT2D eigenvalue weighted by atomic mass is 19.1. The van der Waals surface area contributed by atoms with Crippen LogP contribution in [0, 0.1) is 5.82 Å². The second-order valence-electron chi connectivity index (χ2n) is 3.28. The summed E-state index contributed by atoms with van der Waals surface area (Å²) in [5.41, 5.74) is 1.47. The first-order valence-electron chi connectivity index (χ1n) is 4.92. The Balaban J connectivity index is 2.55. The van der Waals surface area contributed by atoms with E-state index in [-0.39, 0.29) is 5.82 Å². The molecule has 16 heavy (non-hydrogen) atoms. The molecule has 0 amide bonds. The maximum atomic E-state index is 13.0. The zero-order valence-electron chi connectivity index (χ0n) is 8.72. The van der Waals surface area contributed by atoms with Gasteiger partial charge in [-0.15, -0.1) is 5.10 Å². The highest BCUT2D eigenvalue weighted by molar-refractivity contribution is 5.74. The van der Waals surface area contributed by atoms with Crippen LogP contribution in [0.5, 0.6) is 0 Å². The lowest BCUT2D eigenvalue weighted by atomic mass is 10.2. The van der Waals surface area contributed by atoms with Crippen LogP contribution in [-0.4, -0.2) is 21.3 Å². The number of aromatic nitrogens is 3. The van der Waals surface area contributed by atoms with E-state index >= 15 is 0 Å². The van der Waals surface area contributed by atoms with E-state index in [4.69, 9.17) is 0 Å². The smallest absolute Gasteiger partial charge is 0.170 e. The molecule has 0 aliphatic carbocycles. The van der Waals surface area contributed by atoms with Crippen LogP contribution in [-0.2, 0) is 6.42 Å². The fourth-order valence-corrected chi connectivity index (χ4v) is 1.49. The Morgan fingerprint density at radius 3 is 2.94 bits per heavy atom. The Labute approximate surface area is 91.7 Å². The van der Waals surface area contributed by atoms with Crippen LogP contribution >= 0.6 is 0 Å². The topological polar surface area (TPSA) is 47.8 Å². The molecule has 0 aliphatic rings. The van der Waals surface area contributed by atoms with Crippen LogP contribution in [0.3, 0.4) is 0 Å². The lowest BCUT2D eigenvalue weighted by Crippen LogP contribution is -2.02. The van der Waals surface area contributed by atoms with Gasteiger partial charge < -0.3 is 0 Å². The SMILES string of the molecule is CCc1nnn(-c2cccc(F)c2)c1C=O. The van der Waals surface area contributed by atoms with Crippen molar-refractivity contribution < 1.29 is 9.18 Å². The first-order chi connectivity index (χ1) is 7.76. The van der Waals surface area contributed by atoms with Gasteiger partial charge in [-0.05, 0) is 24.6 Å². The second kappa shape index (κ2) is 4.22. The van der Waals surface area contributed by atoms with Crippen molar-refractivity contribution in [3.05, 3.63) is 41.5 Å². The normalized spacial score (nSPS) is 10.4. The molecule has 0 saturated carbocycles. The molecule has 0 spiro atoms. The second-order valence-corrected chi connectivity index (χ2v) is 3.28. The summed E-state index contributed by atoms with van der Waals surface area (Å²) in [6.45, 7) is 1.88. The first kappa shape index (κ1) is 10.5. The number of halogens is 1. The molecule has 82 valence electrons. The Hall–Kier alpha value is -2.04. The van der Waals surface area contributed by atoms with Crippen molar-refractivity contribution in [2.24, 2.45) is 0 Å². The van der Waals surface area contributed by atoms with Crippen LogP contribution in [0.25, 0.3) is 5.69 Å². The van der Waals surface area contributed by atoms with Gasteiger partial charge in [0, 0.05) is 0 Å². The summed E-state index contributed by atoms with van der Waals surface area (Å²) < 4.78 is 14.4. The van der Waals surface area contributed by atoms with Gasteiger partial charge in [0.25, 0.3) is 0 Å². The zero-order chi connectivity index (χ0) is 11.5. The molecule has 5 heteroatoms. The number of rotatable bonds is 3. The third-order valence-electron chi connectivity index (χ3n) is 2.28. The Bertz CT molecular complexity index is 522. The molecule has 2 rings (SSSR count). The van der Waals surface area contributed by atoms with E-state index in [2.05, 4.69) is 10.3 Å². The lowest BCUT2D eigenvalue weighted by Gasteiger charge is -2.02. The van der Waals surface area contributed by atoms with Crippen LogP contribution in [0.2, 0.25) is 0 Å². The van der Waals surface area contributed by atoms with Crippen molar-refractivity contribution in [3.8, 4) is 5.69 Å². The van der Waals surface area contributed by atoms with Gasteiger partial charge in [-0.3, -0.25) is 4.79 Å². The Kier molecular flexibility index (Phi) is 2.76. The largest absolute Gasteiger partial charge is 0.296 e. The van der Waals surface area contributed by atoms with Crippen LogP contribution in [0.15, 0.2) is 24.3 Å². The molecule has 0 fully saturated rings. The molecular formula is C11H10FN3O. The molecule has 2 aromatic rings. The molecule has 1 heterocycles. The summed E-state index contributed by atoms with van der Waals surface area (Å²) in [6.07, 6.45) is 1.30. The number of nitrogens with zero attached hydrogens (tertiary/aromatic N) is 3. The molecule has 0 radical (unpaired) electrons. The third-order valence-corrected chi connectivity index (χ3v) is 2.28. The average molecular weight is 219 g/mol. The standard InChI is InChI=1S/C11H10FN3O/c1-2-10-11(7-16)15(14-13-10)9-5-3-4-8(12)6-9/h3-7H,2H2,1H3. The van der Waals surface area contributed by atoms with Crippen molar-refractivity contribution in [1.29, 1.82) is 0 Å². The molecule has 0 aliphatic heterocycles. The molecule has 0 unspecified atom stereocenters. The van der Waals surface area contributed by atoms with Gasteiger partial charge in [-0.25, -0.2) is 9.07 Å². The number of benzene rings is 1. The fourth-order valence-electron chi connectivity index (χ4n) is 1.49. The summed E-state index contributed by atoms with van der Waals surface area (Å²) in [5.74, 6) is -0.372. The number of hydrogen-bond acceptors (Lipinski definition) is 3. The van der Waals surface area contributed by atoms with Crippen molar-refractivity contribution in [3.63, 3.8) is 0 Å². The maximum absolute atomic E-state index is 13.0. The van der Waals surface area contributed by atoms with Crippen molar-refractivity contribution >= 4 is 6.29 Å². The molecule has 0 N–H and O–H groups in total. The minimum Gasteiger partial charge on any atom is -0.296 e. The van der Waals surface area contributed by atoms with Gasteiger partial charge in [-0.2, -0.15) is 0 Å². The number of carbonyl (C=O) groups excluding carboxylic acids is 1. The summed E-state index contributed by atoms with van der Waals surface area (Å²) in [6, 6.07) is 5.87. The van der Waals surface area contributed by atoms with Crippen molar-refractivity contribution in [1.82, 2.24) is 15.0 Å². The van der Waals surface area contributed by atoms with E-state index in [0.717, 1.165) is 0 Å². The molecule has 0 saturated heterocycles. The van der Waals surface area contributed by atoms with Gasteiger partial charge in [0.2, 0.25) is 0 Å². The van der Waals surface area contributed by atoms with Gasteiger partial charge >= 0.3 is 0 Å². The van der Waals surface area contributed by atoms with E-state index in [1.807, 2.05) is 6.92 Å². The highest BCUT2D eigenvalue weighted by Gasteiger charge is 2.11. The number of aldehydes is 1. The summed E-state index contributed by atoms with van der Waals surface area (Å²) in [7, 11) is 0. The van der Waals surface area contributed by atoms with Gasteiger partial charge in [0.05, 0.1) is 11.4 Å². The molecule has 1 aromatic heterocycles. The van der Waals surface area contributed by atoms with Crippen molar-refractivity contribution in [2.45, 2.75) is 13.3 Å². The van der Waals surface area contributed by atoms with Gasteiger partial charge in [0.1, 0.15) is 11.5 Å².